The Morgan fingerprint density at radius 1 is 1.13 bits per heavy atom. The van der Waals surface area contributed by atoms with Gasteiger partial charge in [0.05, 0.1) is 10.5 Å². The van der Waals surface area contributed by atoms with Crippen molar-refractivity contribution in [2.75, 3.05) is 13.1 Å². The van der Waals surface area contributed by atoms with Gasteiger partial charge in [0.1, 0.15) is 11.6 Å². The van der Waals surface area contributed by atoms with Crippen LogP contribution in [0.3, 0.4) is 0 Å². The third kappa shape index (κ3) is 4.14. The van der Waals surface area contributed by atoms with Crippen LogP contribution in [0.5, 0.6) is 0 Å². The first-order valence-electron chi connectivity index (χ1n) is 10.2. The van der Waals surface area contributed by atoms with Gasteiger partial charge in [-0.1, -0.05) is 19.9 Å². The summed E-state index contributed by atoms with van der Waals surface area (Å²) in [5, 5.41) is 11.2. The van der Waals surface area contributed by atoms with Gasteiger partial charge in [0, 0.05) is 19.2 Å². The Morgan fingerprint density at radius 3 is 2.32 bits per heavy atom. The van der Waals surface area contributed by atoms with Crippen molar-refractivity contribution in [2.24, 2.45) is 11.8 Å². The maximum absolute atomic E-state index is 12.7. The Balaban J connectivity index is 1.72. The zero-order valence-corrected chi connectivity index (χ0v) is 17.9. The first-order valence-corrected chi connectivity index (χ1v) is 10.2. The summed E-state index contributed by atoms with van der Waals surface area (Å²) in [7, 11) is 0. The summed E-state index contributed by atoms with van der Waals surface area (Å²) in [5.41, 5.74) is -0.993. The van der Waals surface area contributed by atoms with E-state index in [9.17, 15) is 29.3 Å². The number of esters is 1. The van der Waals surface area contributed by atoms with Gasteiger partial charge < -0.3 is 9.64 Å². The summed E-state index contributed by atoms with van der Waals surface area (Å²) in [4.78, 5) is 63.5. The molecular weight excluding hydrogens is 406 g/mol. The Bertz CT molecular complexity index is 950. The SMILES string of the molecule is C[C@@H]1C[C@H](C)CN(C(=O)[C@@H](C)OC(=O)[C@@H](C)N2C(=O)c3cccc([N+](=O)[O-])c3C2=O)C1. The second-order valence-corrected chi connectivity index (χ2v) is 8.38. The Hall–Kier alpha value is -3.30. The van der Waals surface area contributed by atoms with Crippen LogP contribution >= 0.6 is 0 Å². The molecule has 0 spiro atoms. The predicted molar refractivity (Wildman–Crippen MR) is 108 cm³/mol. The van der Waals surface area contributed by atoms with Crippen LogP contribution in [0.4, 0.5) is 5.69 Å². The molecule has 0 unspecified atom stereocenters. The van der Waals surface area contributed by atoms with E-state index in [0.29, 0.717) is 29.8 Å². The number of amides is 3. The number of piperidine rings is 1. The summed E-state index contributed by atoms with van der Waals surface area (Å²) >= 11 is 0. The average molecular weight is 431 g/mol. The van der Waals surface area contributed by atoms with Crippen molar-refractivity contribution in [2.45, 2.75) is 46.3 Å². The predicted octanol–water partition coefficient (Wildman–Crippen LogP) is 2.02. The largest absolute Gasteiger partial charge is 0.451 e. The van der Waals surface area contributed by atoms with E-state index in [4.69, 9.17) is 4.74 Å². The molecule has 0 aromatic heterocycles. The molecule has 1 aromatic rings. The molecule has 10 heteroatoms. The molecule has 0 saturated carbocycles. The minimum absolute atomic E-state index is 0.140. The molecule has 10 nitrogen and oxygen atoms in total. The smallest absolute Gasteiger partial charge is 0.329 e. The van der Waals surface area contributed by atoms with E-state index in [-0.39, 0.29) is 17.0 Å². The fourth-order valence-corrected chi connectivity index (χ4v) is 4.32. The van der Waals surface area contributed by atoms with Crippen LogP contribution in [-0.2, 0) is 14.3 Å². The maximum Gasteiger partial charge on any atom is 0.329 e. The number of carbonyl (C=O) groups excluding carboxylic acids is 4. The molecule has 0 bridgehead atoms. The summed E-state index contributed by atoms with van der Waals surface area (Å²) in [6, 6.07) is 2.38. The van der Waals surface area contributed by atoms with Gasteiger partial charge in [-0.25, -0.2) is 4.79 Å². The lowest BCUT2D eigenvalue weighted by molar-refractivity contribution is -0.385. The van der Waals surface area contributed by atoms with E-state index in [2.05, 4.69) is 13.8 Å². The van der Waals surface area contributed by atoms with E-state index in [1.165, 1.54) is 26.0 Å². The third-order valence-electron chi connectivity index (χ3n) is 5.67. The van der Waals surface area contributed by atoms with Crippen molar-refractivity contribution in [1.82, 2.24) is 9.80 Å². The number of hydrogen-bond acceptors (Lipinski definition) is 7. The molecule has 0 aliphatic carbocycles. The zero-order chi connectivity index (χ0) is 23.0. The van der Waals surface area contributed by atoms with Gasteiger partial charge in [-0.05, 0) is 38.2 Å². The van der Waals surface area contributed by atoms with E-state index < -0.39 is 40.5 Å². The molecule has 1 saturated heterocycles. The van der Waals surface area contributed by atoms with Crippen LogP contribution in [-0.4, -0.2) is 63.6 Å². The highest BCUT2D eigenvalue weighted by Gasteiger charge is 2.45. The molecule has 1 fully saturated rings. The molecule has 2 aliphatic heterocycles. The summed E-state index contributed by atoms with van der Waals surface area (Å²) in [5.74, 6) is -2.35. The molecular formula is C21H25N3O7. The fraction of sp³-hybridized carbons (Fsp3) is 0.524. The number of nitro benzene ring substituents is 1. The normalized spacial score (nSPS) is 22.7. The van der Waals surface area contributed by atoms with Gasteiger partial charge in [-0.3, -0.25) is 29.4 Å². The number of imide groups is 1. The van der Waals surface area contributed by atoms with Crippen LogP contribution in [0, 0.1) is 22.0 Å². The minimum atomic E-state index is -1.35. The van der Waals surface area contributed by atoms with Crippen molar-refractivity contribution >= 4 is 29.4 Å². The molecule has 0 radical (unpaired) electrons. The minimum Gasteiger partial charge on any atom is -0.451 e. The van der Waals surface area contributed by atoms with Gasteiger partial charge >= 0.3 is 5.97 Å². The number of ether oxygens (including phenoxy) is 1. The molecule has 3 amide bonds. The number of likely N-dealkylation sites (tertiary alicyclic amines) is 1. The molecule has 0 N–H and O–H groups in total. The van der Waals surface area contributed by atoms with Gasteiger partial charge in [-0.15, -0.1) is 0 Å². The third-order valence-corrected chi connectivity index (χ3v) is 5.67. The fourth-order valence-electron chi connectivity index (χ4n) is 4.32. The maximum atomic E-state index is 12.7. The highest BCUT2D eigenvalue weighted by Crippen LogP contribution is 2.32. The van der Waals surface area contributed by atoms with Crippen molar-refractivity contribution < 1.29 is 28.8 Å². The summed E-state index contributed by atoms with van der Waals surface area (Å²) in [6.45, 7) is 7.99. The summed E-state index contributed by atoms with van der Waals surface area (Å²) < 4.78 is 5.27. The molecule has 3 rings (SSSR count). The molecule has 166 valence electrons. The average Bonchev–Trinajstić information content (AvgIpc) is 2.96. The molecule has 31 heavy (non-hydrogen) atoms. The van der Waals surface area contributed by atoms with Crippen molar-refractivity contribution in [3.8, 4) is 0 Å². The Kier molecular flexibility index (Phi) is 6.10. The number of nitrogens with zero attached hydrogens (tertiary/aromatic N) is 3. The Labute approximate surface area is 179 Å². The van der Waals surface area contributed by atoms with Crippen molar-refractivity contribution in [1.29, 1.82) is 0 Å². The van der Waals surface area contributed by atoms with Crippen LogP contribution < -0.4 is 0 Å². The standard InChI is InChI=1S/C21H25N3O7/c1-11-8-12(2)10-22(9-11)18(25)14(4)31-21(28)13(3)23-19(26)15-6-5-7-16(24(29)30)17(15)20(23)27/h5-7,11-14H,8-10H2,1-4H3/t11-,12+,13-,14-/m1/s1. The zero-order valence-electron chi connectivity index (χ0n) is 17.9. The van der Waals surface area contributed by atoms with Gasteiger partial charge in [0.15, 0.2) is 6.10 Å². The topological polar surface area (TPSA) is 127 Å². The lowest BCUT2D eigenvalue weighted by Crippen LogP contribution is -2.49. The van der Waals surface area contributed by atoms with Crippen LogP contribution in [0.1, 0.15) is 54.8 Å². The molecule has 4 atom stereocenters. The lowest BCUT2D eigenvalue weighted by Gasteiger charge is -2.36. The lowest BCUT2D eigenvalue weighted by atomic mass is 9.91. The molecule has 2 aliphatic rings. The number of nitro groups is 1. The monoisotopic (exact) mass is 431 g/mol. The second-order valence-electron chi connectivity index (χ2n) is 8.38. The van der Waals surface area contributed by atoms with Gasteiger partial charge in [0.25, 0.3) is 23.4 Å². The number of fused-ring (bicyclic) bond motifs is 1. The van der Waals surface area contributed by atoms with Gasteiger partial charge in [0.2, 0.25) is 0 Å². The number of carbonyl (C=O) groups is 4. The first kappa shape index (κ1) is 22.4. The quantitative estimate of drug-likeness (QED) is 0.302. The van der Waals surface area contributed by atoms with E-state index in [0.717, 1.165) is 12.5 Å². The number of benzene rings is 1. The van der Waals surface area contributed by atoms with E-state index in [1.54, 1.807) is 4.90 Å². The second kappa shape index (κ2) is 8.44. The van der Waals surface area contributed by atoms with Crippen LogP contribution in [0.2, 0.25) is 0 Å². The molecule has 1 aromatic carbocycles. The first-order chi connectivity index (χ1) is 14.5. The number of rotatable bonds is 5. The van der Waals surface area contributed by atoms with Crippen molar-refractivity contribution in [3.63, 3.8) is 0 Å². The highest BCUT2D eigenvalue weighted by atomic mass is 16.6. The van der Waals surface area contributed by atoms with Crippen molar-refractivity contribution in [3.05, 3.63) is 39.4 Å². The van der Waals surface area contributed by atoms with E-state index >= 15 is 0 Å². The highest BCUT2D eigenvalue weighted by molar-refractivity contribution is 6.24. The number of hydrogen-bond donors (Lipinski definition) is 0. The van der Waals surface area contributed by atoms with Crippen LogP contribution in [0.15, 0.2) is 18.2 Å². The van der Waals surface area contributed by atoms with Crippen LogP contribution in [0.25, 0.3) is 0 Å². The van der Waals surface area contributed by atoms with E-state index in [1.807, 2.05) is 0 Å². The Morgan fingerprint density at radius 2 is 1.74 bits per heavy atom. The molecule has 2 heterocycles. The summed E-state index contributed by atoms with van der Waals surface area (Å²) in [6.07, 6.45) is -0.0714. The van der Waals surface area contributed by atoms with Gasteiger partial charge in [-0.2, -0.15) is 0 Å².